The van der Waals surface area contributed by atoms with E-state index in [2.05, 4.69) is 46.6 Å². The van der Waals surface area contributed by atoms with Crippen molar-refractivity contribution in [3.05, 3.63) is 65.0 Å². The maximum absolute atomic E-state index is 5.44. The normalized spacial score (nSPS) is 10.5. The zero-order valence-electron chi connectivity index (χ0n) is 15.8. The van der Waals surface area contributed by atoms with Gasteiger partial charge in [-0.25, -0.2) is 9.97 Å². The van der Waals surface area contributed by atoms with Crippen LogP contribution >= 0.6 is 0 Å². The van der Waals surface area contributed by atoms with E-state index in [1.807, 2.05) is 44.2 Å². The molecular weight excluding hydrogens is 324 g/mol. The largest absolute Gasteiger partial charge is 0.495 e. The third-order valence-electron chi connectivity index (χ3n) is 4.32. The quantitative estimate of drug-likeness (QED) is 0.663. The van der Waals surface area contributed by atoms with Crippen LogP contribution in [0, 0.1) is 27.7 Å². The second-order valence-electron chi connectivity index (χ2n) is 6.39. The molecular formula is C21H24N4O. The Bertz CT molecular complexity index is 937. The van der Waals surface area contributed by atoms with Gasteiger partial charge in [-0.2, -0.15) is 0 Å². The number of hydrogen-bond acceptors (Lipinski definition) is 5. The van der Waals surface area contributed by atoms with E-state index in [1.165, 1.54) is 11.1 Å². The van der Waals surface area contributed by atoms with Crippen LogP contribution in [0.3, 0.4) is 0 Å². The highest BCUT2D eigenvalue weighted by molar-refractivity contribution is 5.69. The number of benzene rings is 2. The fraction of sp³-hybridized carbons (Fsp3) is 0.238. The van der Waals surface area contributed by atoms with E-state index in [-0.39, 0.29) is 0 Å². The Labute approximate surface area is 154 Å². The summed E-state index contributed by atoms with van der Waals surface area (Å²) in [5.74, 6) is 2.93. The molecule has 0 aliphatic rings. The lowest BCUT2D eigenvalue weighted by Gasteiger charge is -2.14. The summed E-state index contributed by atoms with van der Waals surface area (Å²) in [7, 11) is 1.66. The van der Waals surface area contributed by atoms with Gasteiger partial charge in [0.25, 0.3) is 0 Å². The van der Waals surface area contributed by atoms with Crippen molar-refractivity contribution >= 4 is 23.0 Å². The van der Waals surface area contributed by atoms with E-state index in [0.29, 0.717) is 11.6 Å². The van der Waals surface area contributed by atoms with E-state index in [9.17, 15) is 0 Å². The monoisotopic (exact) mass is 348 g/mol. The Kier molecular flexibility index (Phi) is 5.07. The molecule has 0 radical (unpaired) electrons. The second kappa shape index (κ2) is 7.44. The van der Waals surface area contributed by atoms with Crippen molar-refractivity contribution < 1.29 is 4.74 Å². The lowest BCUT2D eigenvalue weighted by atomic mass is 10.1. The summed E-state index contributed by atoms with van der Waals surface area (Å²) in [6.45, 7) is 8.13. The summed E-state index contributed by atoms with van der Waals surface area (Å²) in [4.78, 5) is 9.01. The first-order chi connectivity index (χ1) is 12.5. The molecule has 134 valence electrons. The molecule has 0 aliphatic heterocycles. The van der Waals surface area contributed by atoms with Gasteiger partial charge in [-0.05, 0) is 62.6 Å². The van der Waals surface area contributed by atoms with Gasteiger partial charge in [-0.1, -0.05) is 18.2 Å². The van der Waals surface area contributed by atoms with Crippen molar-refractivity contribution in [3.63, 3.8) is 0 Å². The predicted molar refractivity (Wildman–Crippen MR) is 107 cm³/mol. The molecule has 3 aromatic rings. The van der Waals surface area contributed by atoms with Gasteiger partial charge in [0.1, 0.15) is 23.2 Å². The summed E-state index contributed by atoms with van der Waals surface area (Å²) in [5.41, 5.74) is 5.51. The van der Waals surface area contributed by atoms with E-state index in [4.69, 9.17) is 4.74 Å². The smallest absolute Gasteiger partial charge is 0.142 e. The molecule has 1 aromatic heterocycles. The van der Waals surface area contributed by atoms with Gasteiger partial charge in [0, 0.05) is 11.8 Å². The van der Waals surface area contributed by atoms with E-state index in [0.717, 1.165) is 28.5 Å². The van der Waals surface area contributed by atoms with Crippen molar-refractivity contribution in [2.45, 2.75) is 27.7 Å². The topological polar surface area (TPSA) is 59.1 Å². The highest BCUT2D eigenvalue weighted by Crippen LogP contribution is 2.29. The highest BCUT2D eigenvalue weighted by atomic mass is 16.5. The molecule has 1 heterocycles. The molecule has 2 N–H and O–H groups in total. The molecule has 5 heteroatoms. The van der Waals surface area contributed by atoms with Crippen LogP contribution in [0.2, 0.25) is 0 Å². The van der Waals surface area contributed by atoms with Crippen molar-refractivity contribution in [1.82, 2.24) is 9.97 Å². The standard InChI is InChI=1S/C21H24N4O/c1-13-9-10-19(26-5)18(11-13)25-21-12-20(22-16(4)23-21)24-17-8-6-7-14(2)15(17)3/h6-12H,1-5H3,(H2,22,23,24,25). The van der Waals surface area contributed by atoms with Crippen LogP contribution in [-0.2, 0) is 0 Å². The van der Waals surface area contributed by atoms with Crippen LogP contribution in [0.4, 0.5) is 23.0 Å². The summed E-state index contributed by atoms with van der Waals surface area (Å²) in [5, 5.41) is 6.74. The minimum Gasteiger partial charge on any atom is -0.495 e. The van der Waals surface area contributed by atoms with Gasteiger partial charge < -0.3 is 15.4 Å². The van der Waals surface area contributed by atoms with Crippen molar-refractivity contribution in [1.29, 1.82) is 0 Å². The van der Waals surface area contributed by atoms with Gasteiger partial charge in [0.05, 0.1) is 12.8 Å². The average Bonchev–Trinajstić information content (AvgIpc) is 2.59. The molecule has 0 unspecified atom stereocenters. The van der Waals surface area contributed by atoms with Gasteiger partial charge in [-0.15, -0.1) is 0 Å². The van der Waals surface area contributed by atoms with Crippen LogP contribution in [-0.4, -0.2) is 17.1 Å². The van der Waals surface area contributed by atoms with Gasteiger partial charge in [-0.3, -0.25) is 0 Å². The number of aromatic nitrogens is 2. The van der Waals surface area contributed by atoms with Crippen molar-refractivity contribution in [2.24, 2.45) is 0 Å². The fourth-order valence-electron chi connectivity index (χ4n) is 2.78. The molecule has 26 heavy (non-hydrogen) atoms. The van der Waals surface area contributed by atoms with Crippen LogP contribution in [0.25, 0.3) is 0 Å². The van der Waals surface area contributed by atoms with Gasteiger partial charge in [0.2, 0.25) is 0 Å². The molecule has 0 saturated heterocycles. The summed E-state index contributed by atoms with van der Waals surface area (Å²) in [6.07, 6.45) is 0. The number of anilines is 4. The van der Waals surface area contributed by atoms with Crippen LogP contribution in [0.15, 0.2) is 42.5 Å². The Hall–Kier alpha value is -3.08. The average molecular weight is 348 g/mol. The number of aryl methyl sites for hydroxylation is 3. The SMILES string of the molecule is COc1ccc(C)cc1Nc1cc(Nc2cccc(C)c2C)nc(C)n1. The predicted octanol–water partition coefficient (Wildman–Crippen LogP) is 5.21. The first kappa shape index (κ1) is 17.7. The molecule has 0 bridgehead atoms. The summed E-state index contributed by atoms with van der Waals surface area (Å²) >= 11 is 0. The van der Waals surface area contributed by atoms with Crippen LogP contribution in [0.1, 0.15) is 22.5 Å². The second-order valence-corrected chi connectivity index (χ2v) is 6.39. The third kappa shape index (κ3) is 3.94. The number of ether oxygens (including phenoxy) is 1. The first-order valence-corrected chi connectivity index (χ1v) is 8.57. The molecule has 0 aliphatic carbocycles. The Morgan fingerprint density at radius 2 is 1.50 bits per heavy atom. The lowest BCUT2D eigenvalue weighted by Crippen LogP contribution is -2.03. The number of nitrogens with one attached hydrogen (secondary N) is 2. The minimum absolute atomic E-state index is 0.689. The Morgan fingerprint density at radius 3 is 2.19 bits per heavy atom. The highest BCUT2D eigenvalue weighted by Gasteiger charge is 2.08. The molecule has 3 rings (SSSR count). The number of nitrogens with zero attached hydrogens (tertiary/aromatic N) is 2. The number of rotatable bonds is 5. The Morgan fingerprint density at radius 1 is 0.808 bits per heavy atom. The maximum atomic E-state index is 5.44. The molecule has 0 spiro atoms. The number of methoxy groups -OCH3 is 1. The van der Waals surface area contributed by atoms with E-state index < -0.39 is 0 Å². The van der Waals surface area contributed by atoms with E-state index >= 15 is 0 Å². The first-order valence-electron chi connectivity index (χ1n) is 8.57. The molecule has 0 atom stereocenters. The maximum Gasteiger partial charge on any atom is 0.142 e. The molecule has 0 fully saturated rings. The van der Waals surface area contributed by atoms with Gasteiger partial charge >= 0.3 is 0 Å². The molecule has 0 saturated carbocycles. The zero-order valence-corrected chi connectivity index (χ0v) is 15.8. The van der Waals surface area contributed by atoms with Crippen molar-refractivity contribution in [2.75, 3.05) is 17.7 Å². The van der Waals surface area contributed by atoms with E-state index in [1.54, 1.807) is 7.11 Å². The third-order valence-corrected chi connectivity index (χ3v) is 4.32. The Balaban J connectivity index is 1.91. The van der Waals surface area contributed by atoms with Crippen LogP contribution in [0.5, 0.6) is 5.75 Å². The number of hydrogen-bond donors (Lipinski definition) is 2. The summed E-state index contributed by atoms with van der Waals surface area (Å²) in [6, 6.07) is 14.1. The lowest BCUT2D eigenvalue weighted by molar-refractivity contribution is 0.416. The van der Waals surface area contributed by atoms with Crippen molar-refractivity contribution in [3.8, 4) is 5.75 Å². The zero-order chi connectivity index (χ0) is 18.7. The molecule has 2 aromatic carbocycles. The van der Waals surface area contributed by atoms with Crippen LogP contribution < -0.4 is 15.4 Å². The molecule has 5 nitrogen and oxygen atoms in total. The summed E-state index contributed by atoms with van der Waals surface area (Å²) < 4.78 is 5.44. The van der Waals surface area contributed by atoms with Gasteiger partial charge in [0.15, 0.2) is 0 Å². The minimum atomic E-state index is 0.689. The fourth-order valence-corrected chi connectivity index (χ4v) is 2.78. The molecule has 0 amide bonds.